The zero-order chi connectivity index (χ0) is 23.0. The number of hydrogen-bond acceptors (Lipinski definition) is 6. The number of hydrogen-bond donors (Lipinski definition) is 1. The van der Waals surface area contributed by atoms with Gasteiger partial charge in [-0.25, -0.2) is 4.39 Å². The number of rotatable bonds is 8. The lowest BCUT2D eigenvalue weighted by Crippen LogP contribution is -2.43. The summed E-state index contributed by atoms with van der Waals surface area (Å²) in [5.74, 6) is 1.37. The van der Waals surface area contributed by atoms with Crippen molar-refractivity contribution in [2.45, 2.75) is 13.0 Å². The van der Waals surface area contributed by atoms with E-state index < -0.39 is 5.82 Å². The first-order chi connectivity index (χ1) is 16.1. The molecule has 1 atom stereocenters. The maximum Gasteiger partial charge on any atom is 0.244 e. The summed E-state index contributed by atoms with van der Waals surface area (Å²) < 4.78 is 31.2. The number of benzene rings is 1. The van der Waals surface area contributed by atoms with Crippen molar-refractivity contribution in [2.24, 2.45) is 0 Å². The molecule has 1 aliphatic heterocycles. The first-order valence-electron chi connectivity index (χ1n) is 10.8. The largest absolute Gasteiger partial charge is 0.465 e. The van der Waals surface area contributed by atoms with E-state index in [0.29, 0.717) is 31.1 Å². The quantitative estimate of drug-likeness (QED) is 0.520. The molecule has 1 aliphatic rings. The minimum absolute atomic E-state index is 0.0821. The molecule has 0 saturated carbocycles. The molecule has 8 heteroatoms. The van der Waals surface area contributed by atoms with Gasteiger partial charge in [-0.1, -0.05) is 6.07 Å². The summed E-state index contributed by atoms with van der Waals surface area (Å²) in [5.41, 5.74) is 0.549. The van der Waals surface area contributed by atoms with E-state index >= 15 is 0 Å². The molecule has 1 amide bonds. The maximum absolute atomic E-state index is 14.4. The van der Waals surface area contributed by atoms with Crippen molar-refractivity contribution in [1.82, 2.24) is 15.2 Å². The van der Waals surface area contributed by atoms with Gasteiger partial charge in [0.2, 0.25) is 5.91 Å². The number of nitrogens with zero attached hydrogens (tertiary/aromatic N) is 2. The van der Waals surface area contributed by atoms with Crippen molar-refractivity contribution in [3.8, 4) is 11.5 Å². The van der Waals surface area contributed by atoms with Crippen LogP contribution in [0.1, 0.15) is 23.1 Å². The molecule has 3 heterocycles. The fourth-order valence-corrected chi connectivity index (χ4v) is 3.60. The number of nitrogens with one attached hydrogen (secondary N) is 1. The van der Waals surface area contributed by atoms with Crippen molar-refractivity contribution in [2.75, 3.05) is 32.8 Å². The fourth-order valence-electron chi connectivity index (χ4n) is 3.60. The van der Waals surface area contributed by atoms with Crippen LogP contribution in [-0.2, 0) is 9.53 Å². The SMILES string of the molecule is Cc1ccc(C(CNC(=O)/C=C/c2ccc(Oc3cccnc3)c(F)c2)N2CCOCC2)o1. The number of carbonyl (C=O) groups is 1. The maximum atomic E-state index is 14.4. The van der Waals surface area contributed by atoms with E-state index in [0.717, 1.165) is 24.6 Å². The molecule has 1 saturated heterocycles. The van der Waals surface area contributed by atoms with E-state index in [4.69, 9.17) is 13.9 Å². The second kappa shape index (κ2) is 10.9. The molecule has 2 aromatic heterocycles. The lowest BCUT2D eigenvalue weighted by atomic mass is 10.1. The van der Waals surface area contributed by atoms with E-state index in [2.05, 4.69) is 15.2 Å². The van der Waals surface area contributed by atoms with Gasteiger partial charge in [-0.15, -0.1) is 0 Å². The molecule has 7 nitrogen and oxygen atoms in total. The number of aromatic nitrogens is 1. The Morgan fingerprint density at radius 2 is 2.12 bits per heavy atom. The van der Waals surface area contributed by atoms with Crippen LogP contribution < -0.4 is 10.1 Å². The lowest BCUT2D eigenvalue weighted by molar-refractivity contribution is -0.116. The lowest BCUT2D eigenvalue weighted by Gasteiger charge is -2.33. The van der Waals surface area contributed by atoms with Gasteiger partial charge < -0.3 is 19.2 Å². The molecular formula is C25H26FN3O4. The van der Waals surface area contributed by atoms with Crippen LogP contribution in [-0.4, -0.2) is 48.6 Å². The number of furan rings is 1. The highest BCUT2D eigenvalue weighted by Crippen LogP contribution is 2.25. The molecule has 4 rings (SSSR count). The Kier molecular flexibility index (Phi) is 7.49. The van der Waals surface area contributed by atoms with Gasteiger partial charge >= 0.3 is 0 Å². The monoisotopic (exact) mass is 451 g/mol. The summed E-state index contributed by atoms with van der Waals surface area (Å²) in [5, 5.41) is 2.92. The summed E-state index contributed by atoms with van der Waals surface area (Å²) in [6.45, 7) is 5.12. The van der Waals surface area contributed by atoms with Gasteiger partial charge in [0.1, 0.15) is 17.3 Å². The molecule has 0 bridgehead atoms. The molecule has 0 spiro atoms. The van der Waals surface area contributed by atoms with Crippen LogP contribution in [0.15, 0.2) is 65.4 Å². The summed E-state index contributed by atoms with van der Waals surface area (Å²) in [6.07, 6.45) is 6.07. The van der Waals surface area contributed by atoms with Crippen LogP contribution in [0.25, 0.3) is 6.08 Å². The van der Waals surface area contributed by atoms with Crippen molar-refractivity contribution >= 4 is 12.0 Å². The number of carbonyl (C=O) groups excluding carboxylic acids is 1. The third-order valence-corrected chi connectivity index (χ3v) is 5.29. The van der Waals surface area contributed by atoms with Crippen LogP contribution in [0.3, 0.4) is 0 Å². The van der Waals surface area contributed by atoms with E-state index in [-0.39, 0.29) is 17.7 Å². The van der Waals surface area contributed by atoms with Crippen LogP contribution in [0.4, 0.5) is 4.39 Å². The standard InChI is InChI=1S/C25H26FN3O4/c1-18-4-7-24(32-18)22(29-11-13-31-14-12-29)17-28-25(30)9-6-19-5-8-23(21(26)15-19)33-20-3-2-10-27-16-20/h2-10,15-16,22H,11-14,17H2,1H3,(H,28,30)/b9-6+. The summed E-state index contributed by atoms with van der Waals surface area (Å²) in [6, 6.07) is 11.7. The smallest absolute Gasteiger partial charge is 0.244 e. The van der Waals surface area contributed by atoms with Crippen molar-refractivity contribution in [3.63, 3.8) is 0 Å². The fraction of sp³-hybridized carbons (Fsp3) is 0.280. The highest BCUT2D eigenvalue weighted by Gasteiger charge is 2.25. The van der Waals surface area contributed by atoms with Gasteiger partial charge in [-0.05, 0) is 55.0 Å². The predicted octanol–water partition coefficient (Wildman–Crippen LogP) is 4.12. The number of aryl methyl sites for hydroxylation is 1. The zero-order valence-corrected chi connectivity index (χ0v) is 18.4. The molecule has 1 aromatic carbocycles. The molecule has 1 fully saturated rings. The minimum Gasteiger partial charge on any atom is -0.465 e. The number of morpholine rings is 1. The van der Waals surface area contributed by atoms with Gasteiger partial charge in [0.15, 0.2) is 11.6 Å². The van der Waals surface area contributed by atoms with Gasteiger partial charge in [-0.3, -0.25) is 14.7 Å². The Bertz CT molecular complexity index is 1090. The predicted molar refractivity (Wildman–Crippen MR) is 121 cm³/mol. The zero-order valence-electron chi connectivity index (χ0n) is 18.4. The third kappa shape index (κ3) is 6.27. The van der Waals surface area contributed by atoms with Crippen LogP contribution >= 0.6 is 0 Å². The van der Waals surface area contributed by atoms with Crippen molar-refractivity contribution < 1.29 is 23.1 Å². The highest BCUT2D eigenvalue weighted by atomic mass is 19.1. The minimum atomic E-state index is -0.526. The van der Waals surface area contributed by atoms with Crippen molar-refractivity contribution in [3.05, 3.63) is 83.8 Å². The van der Waals surface area contributed by atoms with Gasteiger partial charge in [0.25, 0.3) is 0 Å². The van der Waals surface area contributed by atoms with Gasteiger partial charge in [0.05, 0.1) is 25.5 Å². The van der Waals surface area contributed by atoms with Crippen LogP contribution in [0, 0.1) is 12.7 Å². The number of halogens is 1. The molecule has 1 unspecified atom stereocenters. The molecular weight excluding hydrogens is 425 g/mol. The van der Waals surface area contributed by atoms with Crippen LogP contribution in [0.5, 0.6) is 11.5 Å². The van der Waals surface area contributed by atoms with E-state index in [1.54, 1.807) is 30.5 Å². The second-order valence-corrected chi connectivity index (χ2v) is 7.67. The molecule has 33 heavy (non-hydrogen) atoms. The average molecular weight is 451 g/mol. The first-order valence-corrected chi connectivity index (χ1v) is 10.8. The van der Waals surface area contributed by atoms with Gasteiger partial charge in [-0.2, -0.15) is 0 Å². The van der Waals surface area contributed by atoms with Crippen LogP contribution in [0.2, 0.25) is 0 Å². The normalized spacial score (nSPS) is 15.5. The molecule has 172 valence electrons. The van der Waals surface area contributed by atoms with Crippen molar-refractivity contribution in [1.29, 1.82) is 0 Å². The van der Waals surface area contributed by atoms with E-state index in [1.165, 1.54) is 24.4 Å². The summed E-state index contributed by atoms with van der Waals surface area (Å²) in [7, 11) is 0. The second-order valence-electron chi connectivity index (χ2n) is 7.67. The topological polar surface area (TPSA) is 76.8 Å². The molecule has 1 N–H and O–H groups in total. The first kappa shape index (κ1) is 22.7. The summed E-state index contributed by atoms with van der Waals surface area (Å²) in [4.78, 5) is 18.6. The summed E-state index contributed by atoms with van der Waals surface area (Å²) >= 11 is 0. The van der Waals surface area contributed by atoms with E-state index in [9.17, 15) is 9.18 Å². The Hall–Kier alpha value is -3.49. The average Bonchev–Trinajstić information content (AvgIpc) is 3.26. The molecule has 0 radical (unpaired) electrons. The van der Waals surface area contributed by atoms with E-state index in [1.807, 2.05) is 19.1 Å². The Morgan fingerprint density at radius 1 is 1.27 bits per heavy atom. The molecule has 0 aliphatic carbocycles. The Balaban J connectivity index is 1.36. The Morgan fingerprint density at radius 3 is 2.82 bits per heavy atom. The van der Waals surface area contributed by atoms with Gasteiger partial charge in [0, 0.05) is 31.9 Å². The third-order valence-electron chi connectivity index (χ3n) is 5.29. The number of ether oxygens (including phenoxy) is 2. The Labute approximate surface area is 191 Å². The number of pyridine rings is 1. The highest BCUT2D eigenvalue weighted by molar-refractivity contribution is 5.91. The number of amides is 1. The molecule has 3 aromatic rings.